The van der Waals surface area contributed by atoms with Crippen molar-refractivity contribution in [3.05, 3.63) is 29.6 Å². The van der Waals surface area contributed by atoms with Crippen LogP contribution in [0.1, 0.15) is 42.5 Å². The summed E-state index contributed by atoms with van der Waals surface area (Å²) in [6, 6.07) is 4.92. The molecule has 0 bridgehead atoms. The number of amides is 1. The molecule has 1 aliphatic carbocycles. The number of nitrogens with two attached hydrogens (primary N) is 1. The molecule has 0 aromatic heterocycles. The molecule has 1 heterocycles. The van der Waals surface area contributed by atoms with Crippen molar-refractivity contribution in [2.45, 2.75) is 42.9 Å². The maximum atomic E-state index is 13.7. The third-order valence-electron chi connectivity index (χ3n) is 4.38. The summed E-state index contributed by atoms with van der Waals surface area (Å²) in [6.45, 7) is 0. The van der Waals surface area contributed by atoms with Gasteiger partial charge in [-0.05, 0) is 43.6 Å². The monoisotopic (exact) mass is 294 g/mol. The molecule has 20 heavy (non-hydrogen) atoms. The molecule has 1 aliphatic heterocycles. The average molecular weight is 294 g/mol. The van der Waals surface area contributed by atoms with E-state index in [0.29, 0.717) is 16.5 Å². The second-order valence-corrected chi connectivity index (χ2v) is 7.31. The van der Waals surface area contributed by atoms with Crippen molar-refractivity contribution in [2.24, 2.45) is 5.73 Å². The van der Waals surface area contributed by atoms with Gasteiger partial charge < -0.3 is 11.1 Å². The first-order valence-electron chi connectivity index (χ1n) is 7.08. The number of hydrogen-bond acceptors (Lipinski definition) is 3. The first-order chi connectivity index (χ1) is 9.60. The molecule has 108 valence electrons. The topological polar surface area (TPSA) is 55.1 Å². The van der Waals surface area contributed by atoms with E-state index in [9.17, 15) is 9.18 Å². The van der Waals surface area contributed by atoms with Crippen LogP contribution < -0.4 is 11.1 Å². The van der Waals surface area contributed by atoms with Crippen LogP contribution in [0.15, 0.2) is 18.2 Å². The summed E-state index contributed by atoms with van der Waals surface area (Å²) in [5.74, 6) is -0.140. The molecule has 1 unspecified atom stereocenters. The van der Waals surface area contributed by atoms with Gasteiger partial charge in [0.2, 0.25) is 0 Å². The van der Waals surface area contributed by atoms with Gasteiger partial charge in [-0.2, -0.15) is 11.8 Å². The standard InChI is InChI=1S/C15H19FN2OS/c16-11-3-1-4-12(13(11)14(17)19)18-10-5-8-20-15(9-10)6-2-7-15/h1,3-4,10,18H,2,5-9H2,(H2,17,19). The molecule has 1 atom stereocenters. The molecule has 1 spiro atoms. The van der Waals surface area contributed by atoms with Crippen molar-refractivity contribution in [1.82, 2.24) is 0 Å². The smallest absolute Gasteiger partial charge is 0.253 e. The third kappa shape index (κ3) is 2.51. The summed E-state index contributed by atoms with van der Waals surface area (Å²) in [6.07, 6.45) is 6.00. The Morgan fingerprint density at radius 2 is 2.25 bits per heavy atom. The van der Waals surface area contributed by atoms with E-state index < -0.39 is 11.7 Å². The Hall–Kier alpha value is -1.23. The number of nitrogens with one attached hydrogen (secondary N) is 1. The highest BCUT2D eigenvalue weighted by molar-refractivity contribution is 8.00. The Morgan fingerprint density at radius 1 is 1.45 bits per heavy atom. The van der Waals surface area contributed by atoms with Gasteiger partial charge in [-0.25, -0.2) is 4.39 Å². The van der Waals surface area contributed by atoms with Crippen LogP contribution in [-0.4, -0.2) is 22.4 Å². The average Bonchev–Trinajstić information content (AvgIpc) is 2.37. The lowest BCUT2D eigenvalue weighted by Gasteiger charge is -2.47. The van der Waals surface area contributed by atoms with E-state index >= 15 is 0 Å². The lowest BCUT2D eigenvalue weighted by molar-refractivity contribution is 0.0997. The first-order valence-corrected chi connectivity index (χ1v) is 8.07. The van der Waals surface area contributed by atoms with Gasteiger partial charge in [-0.15, -0.1) is 0 Å². The fourth-order valence-electron chi connectivity index (χ4n) is 3.19. The molecular formula is C15H19FN2OS. The van der Waals surface area contributed by atoms with E-state index in [2.05, 4.69) is 17.1 Å². The van der Waals surface area contributed by atoms with Crippen LogP contribution in [0, 0.1) is 5.82 Å². The zero-order valence-corrected chi connectivity index (χ0v) is 12.1. The minimum atomic E-state index is -0.714. The molecule has 1 aromatic carbocycles. The maximum absolute atomic E-state index is 13.7. The predicted molar refractivity (Wildman–Crippen MR) is 80.6 cm³/mol. The summed E-state index contributed by atoms with van der Waals surface area (Å²) < 4.78 is 14.2. The van der Waals surface area contributed by atoms with Gasteiger partial charge in [0.25, 0.3) is 5.91 Å². The summed E-state index contributed by atoms with van der Waals surface area (Å²) in [5.41, 5.74) is 5.80. The van der Waals surface area contributed by atoms with Gasteiger partial charge >= 0.3 is 0 Å². The van der Waals surface area contributed by atoms with Crippen molar-refractivity contribution < 1.29 is 9.18 Å². The number of hydrogen-bond donors (Lipinski definition) is 2. The highest BCUT2D eigenvalue weighted by Crippen LogP contribution is 2.50. The van der Waals surface area contributed by atoms with Gasteiger partial charge in [0.05, 0.1) is 11.3 Å². The maximum Gasteiger partial charge on any atom is 0.253 e. The van der Waals surface area contributed by atoms with Crippen LogP contribution in [0.5, 0.6) is 0 Å². The Morgan fingerprint density at radius 3 is 2.90 bits per heavy atom. The van der Waals surface area contributed by atoms with Gasteiger partial charge in [0.1, 0.15) is 5.82 Å². The van der Waals surface area contributed by atoms with Crippen molar-refractivity contribution >= 4 is 23.4 Å². The molecule has 1 amide bonds. The lowest BCUT2D eigenvalue weighted by atomic mass is 9.78. The molecule has 0 radical (unpaired) electrons. The molecule has 3 N–H and O–H groups in total. The zero-order valence-electron chi connectivity index (χ0n) is 11.3. The van der Waals surface area contributed by atoms with Crippen molar-refractivity contribution in [1.29, 1.82) is 0 Å². The number of halogens is 1. The predicted octanol–water partition coefficient (Wildman–Crippen LogP) is 3.15. The Bertz CT molecular complexity index is 531. The number of anilines is 1. The van der Waals surface area contributed by atoms with Gasteiger partial charge in [-0.1, -0.05) is 12.5 Å². The van der Waals surface area contributed by atoms with E-state index in [1.807, 2.05) is 0 Å². The number of rotatable bonds is 3. The van der Waals surface area contributed by atoms with Crippen LogP contribution in [0.25, 0.3) is 0 Å². The van der Waals surface area contributed by atoms with Crippen LogP contribution >= 0.6 is 11.8 Å². The van der Waals surface area contributed by atoms with Gasteiger partial charge in [-0.3, -0.25) is 4.79 Å². The minimum absolute atomic E-state index is 0.0200. The summed E-state index contributed by atoms with van der Waals surface area (Å²) in [5, 5.41) is 3.34. The lowest BCUT2D eigenvalue weighted by Crippen LogP contribution is -2.43. The normalized spacial score (nSPS) is 24.1. The van der Waals surface area contributed by atoms with E-state index in [-0.39, 0.29) is 5.56 Å². The minimum Gasteiger partial charge on any atom is -0.381 e. The fraction of sp³-hybridized carbons (Fsp3) is 0.533. The van der Waals surface area contributed by atoms with Crippen LogP contribution in [0.3, 0.4) is 0 Å². The summed E-state index contributed by atoms with van der Waals surface area (Å²) in [4.78, 5) is 11.4. The second kappa shape index (κ2) is 5.28. The molecule has 1 saturated heterocycles. The summed E-state index contributed by atoms with van der Waals surface area (Å²) >= 11 is 2.07. The molecule has 1 saturated carbocycles. The fourth-order valence-corrected chi connectivity index (χ4v) is 4.92. The zero-order chi connectivity index (χ0) is 14.2. The Balaban J connectivity index is 1.77. The van der Waals surface area contributed by atoms with E-state index in [4.69, 9.17) is 5.73 Å². The van der Waals surface area contributed by atoms with Gasteiger partial charge in [0, 0.05) is 10.8 Å². The SMILES string of the molecule is NC(=O)c1c(F)cccc1NC1CCSC2(CCC2)C1. The molecule has 5 heteroatoms. The molecular weight excluding hydrogens is 275 g/mol. The third-order valence-corrected chi connectivity index (χ3v) is 6.00. The Kier molecular flexibility index (Phi) is 3.63. The number of carbonyl (C=O) groups excluding carboxylic acids is 1. The Labute approximate surface area is 122 Å². The molecule has 2 fully saturated rings. The largest absolute Gasteiger partial charge is 0.381 e. The van der Waals surface area contributed by atoms with Crippen LogP contribution in [0.4, 0.5) is 10.1 Å². The van der Waals surface area contributed by atoms with E-state index in [1.54, 1.807) is 12.1 Å². The summed E-state index contributed by atoms with van der Waals surface area (Å²) in [7, 11) is 0. The van der Waals surface area contributed by atoms with Crippen molar-refractivity contribution in [2.75, 3.05) is 11.1 Å². The molecule has 3 nitrogen and oxygen atoms in total. The van der Waals surface area contributed by atoms with E-state index in [0.717, 1.165) is 18.6 Å². The number of benzene rings is 1. The second-order valence-electron chi connectivity index (χ2n) is 5.75. The highest BCUT2D eigenvalue weighted by Gasteiger charge is 2.42. The first kappa shape index (κ1) is 13.7. The molecule has 3 rings (SSSR count). The van der Waals surface area contributed by atoms with Crippen LogP contribution in [0.2, 0.25) is 0 Å². The number of carbonyl (C=O) groups is 1. The van der Waals surface area contributed by atoms with Gasteiger partial charge in [0.15, 0.2) is 0 Å². The van der Waals surface area contributed by atoms with Crippen molar-refractivity contribution in [3.63, 3.8) is 0 Å². The van der Waals surface area contributed by atoms with E-state index in [1.165, 1.54) is 25.3 Å². The molecule has 1 aromatic rings. The number of primary amides is 1. The molecule has 2 aliphatic rings. The quantitative estimate of drug-likeness (QED) is 0.900. The van der Waals surface area contributed by atoms with Crippen LogP contribution in [-0.2, 0) is 0 Å². The van der Waals surface area contributed by atoms with Crippen molar-refractivity contribution in [3.8, 4) is 0 Å². The highest BCUT2D eigenvalue weighted by atomic mass is 32.2. The number of thioether (sulfide) groups is 1.